The van der Waals surface area contributed by atoms with Gasteiger partial charge in [-0.1, -0.05) is 28.3 Å². The van der Waals surface area contributed by atoms with Gasteiger partial charge in [-0.15, -0.1) is 29.1 Å². The maximum absolute atomic E-state index is 12.1. The van der Waals surface area contributed by atoms with Crippen LogP contribution in [0.2, 0.25) is 0 Å². The summed E-state index contributed by atoms with van der Waals surface area (Å²) >= 11 is 1.10. The number of aromatic hydroxyl groups is 1. The van der Waals surface area contributed by atoms with E-state index in [0.717, 1.165) is 36.3 Å². The lowest BCUT2D eigenvalue weighted by Crippen LogP contribution is -2.03. The van der Waals surface area contributed by atoms with Crippen LogP contribution in [0.25, 0.3) is 32.4 Å². The lowest BCUT2D eigenvalue weighted by atomic mass is 10.1. The lowest BCUT2D eigenvalue weighted by molar-refractivity contribution is -0.432. The van der Waals surface area contributed by atoms with Crippen molar-refractivity contribution in [3.63, 3.8) is 0 Å². The number of benzene rings is 5. The minimum Gasteiger partial charge on any atom is -0.505 e. The van der Waals surface area contributed by atoms with Crippen molar-refractivity contribution in [3.05, 3.63) is 79.0 Å². The van der Waals surface area contributed by atoms with E-state index in [1.165, 1.54) is 30.5 Å². The molecule has 5 aromatic carbocycles. The Labute approximate surface area is 300 Å². The number of anilines is 1. The van der Waals surface area contributed by atoms with Gasteiger partial charge in [-0.05, 0) is 60.0 Å². The molecule has 19 nitrogen and oxygen atoms in total. The van der Waals surface area contributed by atoms with Crippen LogP contribution in [0, 0.1) is 0 Å². The number of phenolic OH excluding ortho intramolecular Hbond substituents is 1. The Morgan fingerprint density at radius 3 is 2.08 bits per heavy atom. The number of fused-ring (bicyclic) bond motifs is 3. The molecule has 0 aliphatic heterocycles. The molecule has 0 bridgehead atoms. The minimum atomic E-state index is -4.74. The summed E-state index contributed by atoms with van der Waals surface area (Å²) in [6, 6.07) is 16.8. The normalized spacial score (nSPS) is 12.6. The fourth-order valence-corrected chi connectivity index (χ4v) is 7.09. The van der Waals surface area contributed by atoms with Crippen LogP contribution in [-0.2, 0) is 39.0 Å². The molecular weight excluding hydrogens is 769 g/mol. The van der Waals surface area contributed by atoms with E-state index in [2.05, 4.69) is 44.2 Å². The predicted octanol–water partition coefficient (Wildman–Crippen LogP) is 8.01. The molecule has 0 atom stereocenters. The number of nitrogens with zero attached hydrogens (tertiary/aromatic N) is 5. The first-order valence-electron chi connectivity index (χ1n) is 13.9. The van der Waals surface area contributed by atoms with Crippen molar-refractivity contribution in [3.8, 4) is 5.75 Å². The zero-order valence-electron chi connectivity index (χ0n) is 25.5. The Kier molecular flexibility index (Phi) is 10.6. The van der Waals surface area contributed by atoms with Gasteiger partial charge < -0.3 is 10.8 Å². The number of hydrogen-bond donors (Lipinski definition) is 6. The molecule has 0 spiro atoms. The third kappa shape index (κ3) is 7.80. The van der Waals surface area contributed by atoms with Gasteiger partial charge in [0.2, 0.25) is 0 Å². The molecule has 0 fully saturated rings. The minimum absolute atomic E-state index is 0.00642. The van der Waals surface area contributed by atoms with Gasteiger partial charge in [-0.25, -0.2) is 10.5 Å². The quantitative estimate of drug-likeness (QED) is 0.0171. The molecule has 6 aromatic rings. The van der Waals surface area contributed by atoms with Gasteiger partial charge in [0.25, 0.3) is 20.2 Å². The summed E-state index contributed by atoms with van der Waals surface area (Å²) in [7, 11) is -9.42. The molecule has 1 heterocycles. The Bertz CT molecular complexity index is 2660. The van der Waals surface area contributed by atoms with Crippen LogP contribution >= 0.6 is 24.1 Å². The highest BCUT2D eigenvalue weighted by Crippen LogP contribution is 2.46. The van der Waals surface area contributed by atoms with Crippen LogP contribution in [0.4, 0.5) is 28.4 Å². The first-order valence-corrected chi connectivity index (χ1v) is 18.3. The Morgan fingerprint density at radius 1 is 0.692 bits per heavy atom. The van der Waals surface area contributed by atoms with Crippen molar-refractivity contribution in [2.75, 3.05) is 5.73 Å². The van der Waals surface area contributed by atoms with Crippen LogP contribution < -0.4 is 5.73 Å². The largest absolute Gasteiger partial charge is 0.505 e. The highest BCUT2D eigenvalue weighted by molar-refractivity contribution is 7.95. The number of phenols is 1. The number of nitrogen functional groups attached to an aromatic ring is 1. The van der Waals surface area contributed by atoms with Gasteiger partial charge in [0, 0.05) is 21.5 Å². The van der Waals surface area contributed by atoms with E-state index in [0.29, 0.717) is 38.9 Å². The van der Waals surface area contributed by atoms with Crippen molar-refractivity contribution < 1.29 is 60.3 Å². The van der Waals surface area contributed by atoms with E-state index in [9.17, 15) is 31.0 Å². The van der Waals surface area contributed by atoms with Crippen LogP contribution in [0.3, 0.4) is 0 Å². The van der Waals surface area contributed by atoms with Crippen molar-refractivity contribution >= 4 is 105 Å². The maximum Gasteiger partial charge on any atom is 0.296 e. The number of nitrogens with two attached hydrogens (primary N) is 1. The molecule has 52 heavy (non-hydrogen) atoms. The number of pyridine rings is 1. The topological polar surface area (TPSA) is 295 Å². The zero-order valence-corrected chi connectivity index (χ0v) is 28.7. The second kappa shape index (κ2) is 15.0. The second-order valence-electron chi connectivity index (χ2n) is 10.3. The molecule has 0 aliphatic carbocycles. The van der Waals surface area contributed by atoms with Crippen LogP contribution in [-0.4, -0.2) is 46.5 Å². The van der Waals surface area contributed by atoms with E-state index >= 15 is 0 Å². The molecule has 0 saturated carbocycles. The van der Waals surface area contributed by atoms with E-state index < -0.39 is 35.8 Å². The predicted molar refractivity (Wildman–Crippen MR) is 185 cm³/mol. The third-order valence-electron chi connectivity index (χ3n) is 7.20. The van der Waals surface area contributed by atoms with Gasteiger partial charge in [0.15, 0.2) is 5.75 Å². The first-order chi connectivity index (χ1) is 24.8. The average Bonchev–Trinajstić information content (AvgIpc) is 3.11. The summed E-state index contributed by atoms with van der Waals surface area (Å²) in [4.78, 5) is 3.75. The zero-order chi connectivity index (χ0) is 37.2. The molecule has 268 valence electrons. The summed E-state index contributed by atoms with van der Waals surface area (Å²) in [6.45, 7) is 0. The number of para-hydroxylation sites is 1. The second-order valence-corrected chi connectivity index (χ2v) is 14.6. The average molecular weight is 789 g/mol. The van der Waals surface area contributed by atoms with E-state index in [-0.39, 0.29) is 43.8 Å². The molecule has 7 N–H and O–H groups in total. The summed E-state index contributed by atoms with van der Waals surface area (Å²) in [6.07, 6.45) is 1.44. The molecule has 0 saturated heterocycles. The van der Waals surface area contributed by atoms with Gasteiger partial charge in [-0.3, -0.25) is 14.1 Å². The molecule has 0 radical (unpaired) electrons. The van der Waals surface area contributed by atoms with Crippen LogP contribution in [0.15, 0.2) is 119 Å². The Balaban J connectivity index is 1.44. The molecular formula is C29H20N6O13S4. The summed E-state index contributed by atoms with van der Waals surface area (Å²) in [5.74, 6) is -0.573. The van der Waals surface area contributed by atoms with E-state index in [1.807, 2.05) is 0 Å². The molecule has 0 aliphatic rings. The van der Waals surface area contributed by atoms with Crippen LogP contribution in [0.1, 0.15) is 0 Å². The molecule has 0 amide bonds. The Hall–Kier alpha value is -4.89. The fourth-order valence-electron chi connectivity index (χ4n) is 4.97. The maximum atomic E-state index is 12.1. The van der Waals surface area contributed by atoms with Crippen molar-refractivity contribution in [1.82, 2.24) is 4.98 Å². The van der Waals surface area contributed by atoms with Gasteiger partial charge in [0.05, 0.1) is 67.5 Å². The highest BCUT2D eigenvalue weighted by Gasteiger charge is 2.21. The molecule has 0 unspecified atom stereocenters. The van der Waals surface area contributed by atoms with Crippen molar-refractivity contribution in [2.24, 2.45) is 20.5 Å². The van der Waals surface area contributed by atoms with Crippen molar-refractivity contribution in [2.45, 2.75) is 19.6 Å². The standard InChI is InChI=1S/C29H20N6O13S4/c30-21-12-19-15(10-26(21)52(42,43)44)9-25(50-48-46-38)28(29(19)36)35-34-23-7-6-22(18-5-4-17(11-20(18)23)51(39,40)41)33-32-16-8-14-2-1-3-24(49-47-45-37)27(14)31-13-16/h1-13,36-38H,30H2,(H,39,40,41)(H,42,43,44)/b33-32+,35-34+. The number of aromatic nitrogens is 1. The van der Waals surface area contributed by atoms with E-state index in [4.69, 9.17) is 16.2 Å². The van der Waals surface area contributed by atoms with Crippen molar-refractivity contribution in [1.29, 1.82) is 0 Å². The van der Waals surface area contributed by atoms with Gasteiger partial charge in [0.1, 0.15) is 16.3 Å². The summed E-state index contributed by atoms with van der Waals surface area (Å²) in [5.41, 5.74) is 6.30. The first kappa shape index (κ1) is 36.9. The third-order valence-corrected chi connectivity index (χ3v) is 10.2. The summed E-state index contributed by atoms with van der Waals surface area (Å²) < 4.78 is 76.0. The number of rotatable bonds is 12. The van der Waals surface area contributed by atoms with Gasteiger partial charge in [-0.2, -0.15) is 16.8 Å². The van der Waals surface area contributed by atoms with Gasteiger partial charge >= 0.3 is 0 Å². The monoisotopic (exact) mass is 788 g/mol. The lowest BCUT2D eigenvalue weighted by Gasteiger charge is -2.11. The van der Waals surface area contributed by atoms with E-state index in [1.54, 1.807) is 24.3 Å². The Morgan fingerprint density at radius 2 is 1.38 bits per heavy atom. The van der Waals surface area contributed by atoms with Crippen LogP contribution in [0.5, 0.6) is 5.75 Å². The smallest absolute Gasteiger partial charge is 0.296 e. The number of hydrogen-bond acceptors (Lipinski definition) is 19. The molecule has 6 rings (SSSR count). The molecule has 23 heteroatoms. The SMILES string of the molecule is Nc1cc2c(O)c(/N=N/c3ccc(/N=N/c4cnc5c(SOOO)cccc5c4)c4ccc(S(=O)(=O)O)cc34)c(SOOO)cc2cc1S(=O)(=O)O. The summed E-state index contributed by atoms with van der Waals surface area (Å²) in [5, 5.41) is 53.8. The molecule has 1 aromatic heterocycles. The number of azo groups is 2. The fraction of sp³-hybridized carbons (Fsp3) is 0. The highest BCUT2D eigenvalue weighted by atomic mass is 32.2.